The molecule has 0 spiro atoms. The molecule has 0 amide bonds. The van der Waals surface area contributed by atoms with Gasteiger partial charge in [-0.15, -0.1) is 11.6 Å². The normalized spacial score (nSPS) is 10.3. The van der Waals surface area contributed by atoms with E-state index in [2.05, 4.69) is 9.97 Å². The number of hydrogen-bond donors (Lipinski definition) is 0. The lowest BCUT2D eigenvalue weighted by Gasteiger charge is -2.17. The van der Waals surface area contributed by atoms with Gasteiger partial charge in [0.2, 0.25) is 0 Å². The van der Waals surface area contributed by atoms with Gasteiger partial charge in [0.1, 0.15) is 5.82 Å². The first kappa shape index (κ1) is 12.2. The number of ether oxygens (including phenoxy) is 1. The molecule has 1 rings (SSSR count). The minimum atomic E-state index is 0.396. The zero-order valence-electron chi connectivity index (χ0n) is 9.11. The monoisotopic (exact) mass is 229 g/mol. The lowest BCUT2D eigenvalue weighted by Crippen LogP contribution is -2.21. The van der Waals surface area contributed by atoms with Gasteiger partial charge in [-0.25, -0.2) is 4.98 Å². The number of aromatic nitrogens is 2. The summed E-state index contributed by atoms with van der Waals surface area (Å²) in [4.78, 5) is 10.5. The summed E-state index contributed by atoms with van der Waals surface area (Å²) in [5.74, 6) is 1.25. The number of nitrogens with zero attached hydrogens (tertiary/aromatic N) is 3. The Balaban J connectivity index is 2.52. The molecule has 0 saturated carbocycles. The Bertz CT molecular complexity index is 296. The first-order valence-electron chi connectivity index (χ1n) is 4.85. The number of rotatable bonds is 6. The van der Waals surface area contributed by atoms with Crippen molar-refractivity contribution in [3.63, 3.8) is 0 Å². The highest BCUT2D eigenvalue weighted by Gasteiger charge is 2.03. The maximum atomic E-state index is 5.69. The Morgan fingerprint density at radius 2 is 2.27 bits per heavy atom. The number of anilines is 1. The first-order valence-corrected chi connectivity index (χ1v) is 5.38. The van der Waals surface area contributed by atoms with Gasteiger partial charge < -0.3 is 9.64 Å². The molecule has 4 nitrogen and oxygen atoms in total. The van der Waals surface area contributed by atoms with E-state index in [0.717, 1.165) is 31.1 Å². The van der Waals surface area contributed by atoms with Crippen molar-refractivity contribution >= 4 is 17.4 Å². The molecule has 0 radical (unpaired) electrons. The minimum absolute atomic E-state index is 0.396. The first-order chi connectivity index (χ1) is 7.27. The molecule has 0 aromatic carbocycles. The average molecular weight is 230 g/mol. The molecular formula is C10H16ClN3O. The molecule has 15 heavy (non-hydrogen) atoms. The Hall–Kier alpha value is -0.870. The molecule has 0 unspecified atom stereocenters. The number of alkyl halides is 1. The van der Waals surface area contributed by atoms with E-state index in [0.29, 0.717) is 5.88 Å². The summed E-state index contributed by atoms with van der Waals surface area (Å²) in [5, 5.41) is 0. The standard InChI is InChI=1S/C10H16ClN3O/c1-14(4-3-5-15-2)10-8-12-7-9(6-11)13-10/h7-8H,3-6H2,1-2H3. The van der Waals surface area contributed by atoms with Crippen LogP contribution in [0.2, 0.25) is 0 Å². The summed E-state index contributed by atoms with van der Waals surface area (Å²) in [6.07, 6.45) is 4.39. The van der Waals surface area contributed by atoms with Crippen LogP contribution in [0.5, 0.6) is 0 Å². The lowest BCUT2D eigenvalue weighted by molar-refractivity contribution is 0.196. The molecule has 1 heterocycles. The van der Waals surface area contributed by atoms with Crippen molar-refractivity contribution in [2.24, 2.45) is 0 Å². The van der Waals surface area contributed by atoms with Gasteiger partial charge in [0.25, 0.3) is 0 Å². The van der Waals surface area contributed by atoms with Gasteiger partial charge in [-0.05, 0) is 6.42 Å². The summed E-state index contributed by atoms with van der Waals surface area (Å²) in [7, 11) is 3.69. The molecule has 0 atom stereocenters. The molecule has 0 N–H and O–H groups in total. The second-order valence-corrected chi connectivity index (χ2v) is 3.54. The number of hydrogen-bond acceptors (Lipinski definition) is 4. The van der Waals surface area contributed by atoms with Gasteiger partial charge in [0.15, 0.2) is 0 Å². The van der Waals surface area contributed by atoms with E-state index in [1.807, 2.05) is 11.9 Å². The molecule has 0 aliphatic heterocycles. The van der Waals surface area contributed by atoms with Gasteiger partial charge in [0, 0.05) is 33.5 Å². The second-order valence-electron chi connectivity index (χ2n) is 3.27. The lowest BCUT2D eigenvalue weighted by atomic mass is 10.4. The summed E-state index contributed by atoms with van der Waals surface area (Å²) < 4.78 is 4.99. The third kappa shape index (κ3) is 4.01. The summed E-state index contributed by atoms with van der Waals surface area (Å²) in [6.45, 7) is 1.65. The van der Waals surface area contributed by atoms with Crippen LogP contribution < -0.4 is 4.90 Å². The van der Waals surface area contributed by atoms with Crippen molar-refractivity contribution in [2.75, 3.05) is 32.2 Å². The summed E-state index contributed by atoms with van der Waals surface area (Å²) in [6, 6.07) is 0. The van der Waals surface area contributed by atoms with Crippen LogP contribution in [-0.4, -0.2) is 37.3 Å². The number of halogens is 1. The molecule has 5 heteroatoms. The van der Waals surface area contributed by atoms with Crippen LogP contribution in [0.3, 0.4) is 0 Å². The van der Waals surface area contributed by atoms with Crippen molar-refractivity contribution < 1.29 is 4.74 Å². The molecule has 0 saturated heterocycles. The Labute approximate surface area is 95.2 Å². The van der Waals surface area contributed by atoms with E-state index < -0.39 is 0 Å². The fraction of sp³-hybridized carbons (Fsp3) is 0.600. The molecule has 0 aliphatic carbocycles. The smallest absolute Gasteiger partial charge is 0.147 e. The third-order valence-electron chi connectivity index (χ3n) is 2.04. The van der Waals surface area contributed by atoms with E-state index in [-0.39, 0.29) is 0 Å². The highest BCUT2D eigenvalue weighted by molar-refractivity contribution is 6.16. The SMILES string of the molecule is COCCCN(C)c1cncc(CCl)n1. The number of methoxy groups -OCH3 is 1. The largest absolute Gasteiger partial charge is 0.385 e. The quantitative estimate of drug-likeness (QED) is 0.550. The Kier molecular flexibility index (Phi) is 5.36. The predicted molar refractivity (Wildman–Crippen MR) is 61.4 cm³/mol. The van der Waals surface area contributed by atoms with E-state index in [1.165, 1.54) is 0 Å². The Morgan fingerprint density at radius 1 is 1.47 bits per heavy atom. The van der Waals surface area contributed by atoms with Crippen LogP contribution in [0.15, 0.2) is 12.4 Å². The minimum Gasteiger partial charge on any atom is -0.385 e. The van der Waals surface area contributed by atoms with E-state index in [4.69, 9.17) is 16.3 Å². The van der Waals surface area contributed by atoms with Crippen molar-refractivity contribution in [1.82, 2.24) is 9.97 Å². The fourth-order valence-electron chi connectivity index (χ4n) is 1.20. The van der Waals surface area contributed by atoms with Gasteiger partial charge in [-0.1, -0.05) is 0 Å². The Morgan fingerprint density at radius 3 is 2.93 bits per heavy atom. The van der Waals surface area contributed by atoms with Crippen LogP contribution in [0, 0.1) is 0 Å². The van der Waals surface area contributed by atoms with Crippen molar-refractivity contribution in [2.45, 2.75) is 12.3 Å². The highest BCUT2D eigenvalue weighted by atomic mass is 35.5. The molecule has 0 aliphatic rings. The van der Waals surface area contributed by atoms with Crippen LogP contribution in [-0.2, 0) is 10.6 Å². The fourth-order valence-corrected chi connectivity index (χ4v) is 1.33. The van der Waals surface area contributed by atoms with Crippen LogP contribution >= 0.6 is 11.6 Å². The van der Waals surface area contributed by atoms with Gasteiger partial charge in [-0.2, -0.15) is 0 Å². The van der Waals surface area contributed by atoms with Gasteiger partial charge in [0.05, 0.1) is 17.8 Å². The van der Waals surface area contributed by atoms with Crippen LogP contribution in [0.1, 0.15) is 12.1 Å². The maximum absolute atomic E-state index is 5.69. The summed E-state index contributed by atoms with van der Waals surface area (Å²) in [5.41, 5.74) is 0.799. The van der Waals surface area contributed by atoms with E-state index in [1.54, 1.807) is 19.5 Å². The maximum Gasteiger partial charge on any atom is 0.147 e. The van der Waals surface area contributed by atoms with Crippen LogP contribution in [0.4, 0.5) is 5.82 Å². The zero-order valence-corrected chi connectivity index (χ0v) is 9.87. The summed E-state index contributed by atoms with van der Waals surface area (Å²) >= 11 is 5.69. The highest BCUT2D eigenvalue weighted by Crippen LogP contribution is 2.09. The average Bonchev–Trinajstić information content (AvgIpc) is 2.29. The topological polar surface area (TPSA) is 38.2 Å². The third-order valence-corrected chi connectivity index (χ3v) is 2.32. The van der Waals surface area contributed by atoms with E-state index in [9.17, 15) is 0 Å². The van der Waals surface area contributed by atoms with Crippen molar-refractivity contribution in [1.29, 1.82) is 0 Å². The molecule has 0 fully saturated rings. The van der Waals surface area contributed by atoms with Gasteiger partial charge in [-0.3, -0.25) is 4.98 Å². The molecule has 0 bridgehead atoms. The van der Waals surface area contributed by atoms with E-state index >= 15 is 0 Å². The van der Waals surface area contributed by atoms with Gasteiger partial charge >= 0.3 is 0 Å². The second kappa shape index (κ2) is 6.58. The predicted octanol–water partition coefficient (Wildman–Crippen LogP) is 1.69. The molecular weight excluding hydrogens is 214 g/mol. The zero-order chi connectivity index (χ0) is 11.1. The molecule has 1 aromatic heterocycles. The van der Waals surface area contributed by atoms with Crippen molar-refractivity contribution in [3.05, 3.63) is 18.1 Å². The van der Waals surface area contributed by atoms with Crippen molar-refractivity contribution in [3.8, 4) is 0 Å². The molecule has 1 aromatic rings. The van der Waals surface area contributed by atoms with Crippen LogP contribution in [0.25, 0.3) is 0 Å². The molecule has 84 valence electrons.